The molecule has 0 aromatic carbocycles. The first-order chi connectivity index (χ1) is 6.34. The fraction of sp³-hybridized carbons (Fsp3) is 0.818. The molecule has 0 bridgehead atoms. The lowest BCUT2D eigenvalue weighted by molar-refractivity contribution is 0.575. The van der Waals surface area contributed by atoms with Crippen molar-refractivity contribution in [2.75, 3.05) is 0 Å². The van der Waals surface area contributed by atoms with Gasteiger partial charge in [0.1, 0.15) is 0 Å². The van der Waals surface area contributed by atoms with E-state index in [9.17, 15) is 5.02 Å². The van der Waals surface area contributed by atoms with Crippen LogP contribution >= 0.6 is 0 Å². The number of allylic oxidation sites excluding steroid dienone is 2. The van der Waals surface area contributed by atoms with Crippen LogP contribution in [0.4, 0.5) is 0 Å². The topological polar surface area (TPSA) is 20.2 Å². The van der Waals surface area contributed by atoms with E-state index in [1.165, 1.54) is 37.6 Å². The normalized spacial score (nSPS) is 22.0. The first-order valence-electron chi connectivity index (χ1n) is 5.71. The van der Waals surface area contributed by atoms with E-state index in [4.69, 9.17) is 0 Å². The fourth-order valence-corrected chi connectivity index (χ4v) is 1.93. The maximum Gasteiger partial charge on any atom is 0.319 e. The second kappa shape index (κ2) is 6.25. The van der Waals surface area contributed by atoms with Crippen LogP contribution in [0.25, 0.3) is 0 Å². The monoisotopic (exact) mass is 180 g/mol. The summed E-state index contributed by atoms with van der Waals surface area (Å²) in [5, 5.41) is 9.78. The zero-order valence-corrected chi connectivity index (χ0v) is 8.76. The highest BCUT2D eigenvalue weighted by Gasteiger charge is 2.18. The quantitative estimate of drug-likeness (QED) is 0.522. The molecule has 0 atom stereocenters. The van der Waals surface area contributed by atoms with Gasteiger partial charge in [-0.05, 0) is 19.2 Å². The third kappa shape index (κ3) is 3.99. The largest absolute Gasteiger partial charge is 0.447 e. The maximum absolute atomic E-state index is 9.78. The molecule has 0 unspecified atom stereocenters. The van der Waals surface area contributed by atoms with Crippen molar-refractivity contribution in [3.8, 4) is 0 Å². The Morgan fingerprint density at radius 1 is 1.38 bits per heavy atom. The summed E-state index contributed by atoms with van der Waals surface area (Å²) in [6.45, 7) is 2.08. The van der Waals surface area contributed by atoms with Crippen LogP contribution in [0.2, 0.25) is 6.32 Å². The molecule has 1 saturated heterocycles. The highest BCUT2D eigenvalue weighted by atomic mass is 16.2. The predicted molar refractivity (Wildman–Crippen MR) is 58.9 cm³/mol. The summed E-state index contributed by atoms with van der Waals surface area (Å²) < 4.78 is 0. The molecule has 74 valence electrons. The van der Waals surface area contributed by atoms with Crippen molar-refractivity contribution in [1.29, 1.82) is 0 Å². The Morgan fingerprint density at radius 3 is 3.00 bits per heavy atom. The summed E-state index contributed by atoms with van der Waals surface area (Å²) in [7, 11) is 0. The lowest BCUT2D eigenvalue weighted by Gasteiger charge is -2.06. The third-order valence-electron chi connectivity index (χ3n) is 2.84. The Hall–Kier alpha value is -0.235. The Labute approximate surface area is 82.3 Å². The van der Waals surface area contributed by atoms with E-state index in [1.54, 1.807) is 0 Å². The smallest absolute Gasteiger partial charge is 0.319 e. The highest BCUT2D eigenvalue weighted by Crippen LogP contribution is 2.21. The van der Waals surface area contributed by atoms with Crippen LogP contribution in [0, 0.1) is 0 Å². The fourth-order valence-electron chi connectivity index (χ4n) is 1.93. The SMILES string of the molecule is CCCC/C=C1/CCCCCB1O. The van der Waals surface area contributed by atoms with E-state index in [0.29, 0.717) is 0 Å². The molecule has 0 aliphatic carbocycles. The van der Waals surface area contributed by atoms with Crippen LogP contribution in [-0.2, 0) is 0 Å². The zero-order chi connectivity index (χ0) is 9.52. The van der Waals surface area contributed by atoms with Gasteiger partial charge in [0.15, 0.2) is 0 Å². The molecular weight excluding hydrogens is 159 g/mol. The highest BCUT2D eigenvalue weighted by molar-refractivity contribution is 6.59. The van der Waals surface area contributed by atoms with Gasteiger partial charge in [0, 0.05) is 0 Å². The summed E-state index contributed by atoms with van der Waals surface area (Å²) in [5.74, 6) is 0. The van der Waals surface area contributed by atoms with Crippen LogP contribution in [0.3, 0.4) is 0 Å². The average molecular weight is 180 g/mol. The lowest BCUT2D eigenvalue weighted by atomic mass is 9.57. The van der Waals surface area contributed by atoms with Crippen molar-refractivity contribution < 1.29 is 5.02 Å². The van der Waals surface area contributed by atoms with Gasteiger partial charge in [-0.25, -0.2) is 0 Å². The van der Waals surface area contributed by atoms with Crippen LogP contribution in [0.1, 0.15) is 51.9 Å². The van der Waals surface area contributed by atoms with Crippen LogP contribution < -0.4 is 0 Å². The Kier molecular flexibility index (Phi) is 5.22. The molecule has 1 fully saturated rings. The lowest BCUT2D eigenvalue weighted by Crippen LogP contribution is -2.14. The van der Waals surface area contributed by atoms with Crippen LogP contribution in [0.15, 0.2) is 11.5 Å². The molecule has 13 heavy (non-hydrogen) atoms. The molecule has 1 rings (SSSR count). The second-order valence-corrected chi connectivity index (χ2v) is 4.04. The van der Waals surface area contributed by atoms with E-state index in [0.717, 1.165) is 19.2 Å². The number of rotatable bonds is 3. The third-order valence-corrected chi connectivity index (χ3v) is 2.84. The molecule has 0 radical (unpaired) electrons. The zero-order valence-electron chi connectivity index (χ0n) is 8.76. The van der Waals surface area contributed by atoms with E-state index < -0.39 is 0 Å². The molecule has 1 heterocycles. The molecule has 1 aliphatic heterocycles. The molecule has 1 N–H and O–H groups in total. The first kappa shape index (κ1) is 10.8. The minimum Gasteiger partial charge on any atom is -0.447 e. The van der Waals surface area contributed by atoms with Gasteiger partial charge < -0.3 is 5.02 Å². The Balaban J connectivity index is 2.38. The second-order valence-electron chi connectivity index (χ2n) is 4.04. The molecule has 0 spiro atoms. The van der Waals surface area contributed by atoms with Gasteiger partial charge in [-0.2, -0.15) is 0 Å². The molecule has 0 aromatic rings. The van der Waals surface area contributed by atoms with Gasteiger partial charge in [-0.1, -0.05) is 50.6 Å². The molecule has 1 nitrogen and oxygen atoms in total. The number of hydrogen-bond acceptors (Lipinski definition) is 1. The standard InChI is InChI=1S/C11H21BO/c1-2-3-5-8-11-9-6-4-7-10-12(11)13/h8,13H,2-7,9-10H2,1H3/b11-8-. The predicted octanol–water partition coefficient (Wildman–Crippen LogP) is 3.20. The van der Waals surface area contributed by atoms with Gasteiger partial charge in [0.25, 0.3) is 0 Å². The molecule has 0 amide bonds. The molecule has 1 aliphatic rings. The molecule has 0 aromatic heterocycles. The number of unbranched alkanes of at least 4 members (excludes halogenated alkanes) is 2. The maximum atomic E-state index is 9.78. The first-order valence-corrected chi connectivity index (χ1v) is 5.71. The Morgan fingerprint density at radius 2 is 2.23 bits per heavy atom. The van der Waals surface area contributed by atoms with E-state index in [1.807, 2.05) is 0 Å². The van der Waals surface area contributed by atoms with Gasteiger partial charge in [0.2, 0.25) is 0 Å². The summed E-state index contributed by atoms with van der Waals surface area (Å²) >= 11 is 0. The van der Waals surface area contributed by atoms with E-state index >= 15 is 0 Å². The van der Waals surface area contributed by atoms with Crippen LogP contribution in [0.5, 0.6) is 0 Å². The van der Waals surface area contributed by atoms with Crippen molar-refractivity contribution >= 4 is 6.92 Å². The summed E-state index contributed by atoms with van der Waals surface area (Å²) in [6, 6.07) is 0. The summed E-state index contributed by atoms with van der Waals surface area (Å²) in [6.07, 6.45) is 11.8. The van der Waals surface area contributed by atoms with E-state index in [-0.39, 0.29) is 6.92 Å². The average Bonchev–Trinajstić information content (AvgIpc) is 2.32. The van der Waals surface area contributed by atoms with Gasteiger partial charge in [0.05, 0.1) is 0 Å². The van der Waals surface area contributed by atoms with Crippen LogP contribution in [-0.4, -0.2) is 11.9 Å². The summed E-state index contributed by atoms with van der Waals surface area (Å²) in [4.78, 5) is 0. The van der Waals surface area contributed by atoms with Crippen molar-refractivity contribution in [1.82, 2.24) is 0 Å². The van der Waals surface area contributed by atoms with Crippen molar-refractivity contribution in [2.24, 2.45) is 0 Å². The summed E-state index contributed by atoms with van der Waals surface area (Å²) in [5.41, 5.74) is 1.31. The van der Waals surface area contributed by atoms with Gasteiger partial charge >= 0.3 is 6.92 Å². The molecule has 0 saturated carbocycles. The van der Waals surface area contributed by atoms with E-state index in [2.05, 4.69) is 13.0 Å². The minimum absolute atomic E-state index is 0.126. The van der Waals surface area contributed by atoms with Crippen molar-refractivity contribution in [2.45, 2.75) is 58.2 Å². The molecule has 2 heteroatoms. The molecular formula is C11H21BO. The number of hydrogen-bond donors (Lipinski definition) is 1. The van der Waals surface area contributed by atoms with Crippen molar-refractivity contribution in [3.63, 3.8) is 0 Å². The van der Waals surface area contributed by atoms with Gasteiger partial charge in [-0.3, -0.25) is 0 Å². The minimum atomic E-state index is -0.126. The van der Waals surface area contributed by atoms with Crippen molar-refractivity contribution in [3.05, 3.63) is 11.5 Å². The Bertz CT molecular complexity index is 165. The van der Waals surface area contributed by atoms with Gasteiger partial charge in [-0.15, -0.1) is 0 Å².